The van der Waals surface area contributed by atoms with Gasteiger partial charge in [0.1, 0.15) is 0 Å². The van der Waals surface area contributed by atoms with Crippen LogP contribution in [0.1, 0.15) is 26.2 Å². The predicted molar refractivity (Wildman–Crippen MR) is 65.1 cm³/mol. The Bertz CT molecular complexity index is 143. The number of ether oxygens (including phenoxy) is 3. The van der Waals surface area contributed by atoms with E-state index in [1.165, 1.54) is 0 Å². The zero-order valence-electron chi connectivity index (χ0n) is 10.8. The molecule has 0 aliphatic rings. The SMILES string of the molecule is CCCCOCCC(O)COCCOCCO. The summed E-state index contributed by atoms with van der Waals surface area (Å²) in [7, 11) is 0. The van der Waals surface area contributed by atoms with Gasteiger partial charge < -0.3 is 24.4 Å². The molecule has 0 aromatic carbocycles. The van der Waals surface area contributed by atoms with Crippen LogP contribution in [0.5, 0.6) is 0 Å². The van der Waals surface area contributed by atoms with Crippen molar-refractivity contribution in [2.75, 3.05) is 46.2 Å². The zero-order valence-corrected chi connectivity index (χ0v) is 10.8. The molecule has 0 aromatic rings. The molecule has 104 valence electrons. The molecule has 0 fully saturated rings. The van der Waals surface area contributed by atoms with E-state index in [-0.39, 0.29) is 6.61 Å². The highest BCUT2D eigenvalue weighted by molar-refractivity contribution is 4.52. The van der Waals surface area contributed by atoms with Crippen LogP contribution < -0.4 is 0 Å². The first-order chi connectivity index (χ1) is 8.31. The highest BCUT2D eigenvalue weighted by Gasteiger charge is 2.03. The summed E-state index contributed by atoms with van der Waals surface area (Å²) in [4.78, 5) is 0. The Morgan fingerprint density at radius 2 is 1.65 bits per heavy atom. The van der Waals surface area contributed by atoms with E-state index in [1.807, 2.05) is 0 Å². The molecule has 0 bridgehead atoms. The van der Waals surface area contributed by atoms with Crippen LogP contribution in [0, 0.1) is 0 Å². The first-order valence-corrected chi connectivity index (χ1v) is 6.33. The van der Waals surface area contributed by atoms with Crippen LogP contribution >= 0.6 is 0 Å². The van der Waals surface area contributed by atoms with Crippen molar-refractivity contribution in [3.05, 3.63) is 0 Å². The van der Waals surface area contributed by atoms with E-state index >= 15 is 0 Å². The van der Waals surface area contributed by atoms with Crippen molar-refractivity contribution in [3.63, 3.8) is 0 Å². The van der Waals surface area contributed by atoms with Crippen molar-refractivity contribution >= 4 is 0 Å². The van der Waals surface area contributed by atoms with Crippen molar-refractivity contribution in [3.8, 4) is 0 Å². The molecule has 0 saturated heterocycles. The first kappa shape index (κ1) is 16.8. The molecular weight excluding hydrogens is 224 g/mol. The molecule has 0 rings (SSSR count). The Morgan fingerprint density at radius 1 is 0.941 bits per heavy atom. The fourth-order valence-electron chi connectivity index (χ4n) is 1.16. The maximum absolute atomic E-state index is 9.52. The van der Waals surface area contributed by atoms with Gasteiger partial charge in [0.15, 0.2) is 0 Å². The number of hydrogen-bond acceptors (Lipinski definition) is 5. The average Bonchev–Trinajstić information content (AvgIpc) is 2.33. The summed E-state index contributed by atoms with van der Waals surface area (Å²) < 4.78 is 15.6. The van der Waals surface area contributed by atoms with Crippen LogP contribution in [-0.4, -0.2) is 62.6 Å². The maximum atomic E-state index is 9.52. The fourth-order valence-corrected chi connectivity index (χ4v) is 1.16. The minimum Gasteiger partial charge on any atom is -0.394 e. The first-order valence-electron chi connectivity index (χ1n) is 6.33. The normalized spacial score (nSPS) is 12.9. The summed E-state index contributed by atoms with van der Waals surface area (Å²) in [5.41, 5.74) is 0. The minimum atomic E-state index is -0.477. The monoisotopic (exact) mass is 250 g/mol. The largest absolute Gasteiger partial charge is 0.394 e. The van der Waals surface area contributed by atoms with E-state index in [4.69, 9.17) is 19.3 Å². The third-order valence-corrected chi connectivity index (χ3v) is 2.16. The van der Waals surface area contributed by atoms with Gasteiger partial charge in [-0.3, -0.25) is 0 Å². The summed E-state index contributed by atoms with van der Waals surface area (Å²) in [6, 6.07) is 0. The summed E-state index contributed by atoms with van der Waals surface area (Å²) in [5.74, 6) is 0. The molecule has 17 heavy (non-hydrogen) atoms. The lowest BCUT2D eigenvalue weighted by molar-refractivity contribution is -0.0128. The van der Waals surface area contributed by atoms with E-state index in [0.717, 1.165) is 19.4 Å². The van der Waals surface area contributed by atoms with E-state index < -0.39 is 6.10 Å². The number of rotatable bonds is 13. The highest BCUT2D eigenvalue weighted by atomic mass is 16.5. The molecule has 1 unspecified atom stereocenters. The van der Waals surface area contributed by atoms with Gasteiger partial charge in [-0.2, -0.15) is 0 Å². The Hall–Kier alpha value is -0.200. The van der Waals surface area contributed by atoms with E-state index in [2.05, 4.69) is 6.92 Å². The van der Waals surface area contributed by atoms with Gasteiger partial charge in [-0.05, 0) is 12.8 Å². The zero-order chi connectivity index (χ0) is 12.8. The molecule has 1 atom stereocenters. The molecule has 0 aliphatic heterocycles. The lowest BCUT2D eigenvalue weighted by Gasteiger charge is -2.11. The topological polar surface area (TPSA) is 68.2 Å². The molecule has 0 aromatic heterocycles. The lowest BCUT2D eigenvalue weighted by Crippen LogP contribution is -2.19. The summed E-state index contributed by atoms with van der Waals surface area (Å²) in [5, 5.41) is 18.0. The van der Waals surface area contributed by atoms with Crippen molar-refractivity contribution in [2.24, 2.45) is 0 Å². The van der Waals surface area contributed by atoms with Crippen molar-refractivity contribution in [1.29, 1.82) is 0 Å². The summed E-state index contributed by atoms with van der Waals surface area (Å²) in [6.07, 6.45) is 2.31. The molecule has 0 amide bonds. The third kappa shape index (κ3) is 13.7. The number of hydrogen-bond donors (Lipinski definition) is 2. The van der Waals surface area contributed by atoms with Crippen LogP contribution in [0.4, 0.5) is 0 Å². The van der Waals surface area contributed by atoms with Gasteiger partial charge in [0.25, 0.3) is 0 Å². The average molecular weight is 250 g/mol. The van der Waals surface area contributed by atoms with Crippen molar-refractivity contribution < 1.29 is 24.4 Å². The summed E-state index contributed by atoms with van der Waals surface area (Å²) in [6.45, 7) is 5.00. The number of unbranched alkanes of at least 4 members (excludes halogenated alkanes) is 1. The lowest BCUT2D eigenvalue weighted by atomic mass is 10.3. The molecular formula is C12H26O5. The summed E-state index contributed by atoms with van der Waals surface area (Å²) >= 11 is 0. The second-order valence-electron chi connectivity index (χ2n) is 3.82. The van der Waals surface area contributed by atoms with Gasteiger partial charge in [0.05, 0.1) is 39.1 Å². The van der Waals surface area contributed by atoms with Crippen LogP contribution in [0.25, 0.3) is 0 Å². The second kappa shape index (κ2) is 13.9. The Labute approximate surface area is 104 Å². The van der Waals surface area contributed by atoms with Gasteiger partial charge in [-0.15, -0.1) is 0 Å². The molecule has 0 saturated carbocycles. The van der Waals surface area contributed by atoms with Gasteiger partial charge in [-0.25, -0.2) is 0 Å². The smallest absolute Gasteiger partial charge is 0.0795 e. The number of aliphatic hydroxyl groups excluding tert-OH is 2. The standard InChI is InChI=1S/C12H26O5/c1-2-3-6-15-7-4-12(14)11-17-10-9-16-8-5-13/h12-14H,2-11H2,1H3. The molecule has 5 heteroatoms. The molecule has 0 heterocycles. The third-order valence-electron chi connectivity index (χ3n) is 2.16. The highest BCUT2D eigenvalue weighted by Crippen LogP contribution is 1.95. The second-order valence-corrected chi connectivity index (χ2v) is 3.82. The van der Waals surface area contributed by atoms with Crippen LogP contribution in [0.2, 0.25) is 0 Å². The number of aliphatic hydroxyl groups is 2. The predicted octanol–water partition coefficient (Wildman–Crippen LogP) is 0.580. The molecule has 0 radical (unpaired) electrons. The quantitative estimate of drug-likeness (QED) is 0.468. The van der Waals surface area contributed by atoms with Gasteiger partial charge in [0, 0.05) is 13.2 Å². The van der Waals surface area contributed by atoms with Gasteiger partial charge >= 0.3 is 0 Å². The van der Waals surface area contributed by atoms with E-state index in [9.17, 15) is 5.11 Å². The van der Waals surface area contributed by atoms with Gasteiger partial charge in [0.2, 0.25) is 0 Å². The minimum absolute atomic E-state index is 0.0255. The molecule has 0 aliphatic carbocycles. The Morgan fingerprint density at radius 3 is 2.35 bits per heavy atom. The van der Waals surface area contributed by atoms with E-state index in [1.54, 1.807) is 0 Å². The molecule has 2 N–H and O–H groups in total. The van der Waals surface area contributed by atoms with E-state index in [0.29, 0.717) is 39.5 Å². The molecule has 0 spiro atoms. The Balaban J connectivity index is 3.09. The van der Waals surface area contributed by atoms with Crippen molar-refractivity contribution in [2.45, 2.75) is 32.3 Å². The maximum Gasteiger partial charge on any atom is 0.0795 e. The van der Waals surface area contributed by atoms with Crippen LogP contribution in [0.15, 0.2) is 0 Å². The van der Waals surface area contributed by atoms with Gasteiger partial charge in [-0.1, -0.05) is 13.3 Å². The van der Waals surface area contributed by atoms with Crippen LogP contribution in [0.3, 0.4) is 0 Å². The van der Waals surface area contributed by atoms with Crippen molar-refractivity contribution in [1.82, 2.24) is 0 Å². The molecule has 5 nitrogen and oxygen atoms in total. The Kier molecular flexibility index (Phi) is 13.7. The fraction of sp³-hybridized carbons (Fsp3) is 1.00. The van der Waals surface area contributed by atoms with Crippen LogP contribution in [-0.2, 0) is 14.2 Å².